The second kappa shape index (κ2) is 7.09. The van der Waals surface area contributed by atoms with Gasteiger partial charge in [-0.15, -0.1) is 0 Å². The van der Waals surface area contributed by atoms with Crippen molar-refractivity contribution in [2.45, 2.75) is 31.1 Å². The lowest BCUT2D eigenvalue weighted by atomic mass is 10.0. The molecular weight excluding hydrogens is 378 g/mol. The lowest BCUT2D eigenvalue weighted by Crippen LogP contribution is -2.20. The number of rotatable bonds is 5. The summed E-state index contributed by atoms with van der Waals surface area (Å²) in [5.74, 6) is -0.439. The molecule has 0 aliphatic carbocycles. The van der Waals surface area contributed by atoms with Crippen molar-refractivity contribution in [2.75, 3.05) is 5.32 Å². The molecule has 6 nitrogen and oxygen atoms in total. The zero-order valence-electron chi connectivity index (χ0n) is 13.9. The smallest absolute Gasteiger partial charge is 0.339 e. The molecule has 136 valence electrons. The van der Waals surface area contributed by atoms with Gasteiger partial charge < -0.3 is 9.50 Å². The number of amides is 1. The van der Waals surface area contributed by atoms with Crippen LogP contribution in [0.5, 0.6) is 5.75 Å². The molecule has 0 spiro atoms. The first-order valence-corrected chi connectivity index (χ1v) is 9.79. The van der Waals surface area contributed by atoms with E-state index in [1.807, 2.05) is 0 Å². The molecule has 2 aromatic carbocycles. The van der Waals surface area contributed by atoms with Crippen LogP contribution in [0.25, 0.3) is 0 Å². The first-order chi connectivity index (χ1) is 12.3. The van der Waals surface area contributed by atoms with E-state index in [0.717, 1.165) is 5.56 Å². The van der Waals surface area contributed by atoms with Gasteiger partial charge in [0.2, 0.25) is 5.91 Å². The second-order valence-electron chi connectivity index (χ2n) is 5.82. The fraction of sp³-hybridized carbons (Fsp3) is 0.222. The number of hydrogen-bond acceptors (Lipinski definition) is 5. The minimum Gasteiger partial charge on any atom is -0.378 e. The van der Waals surface area contributed by atoms with Crippen LogP contribution in [0.15, 0.2) is 41.3 Å². The highest BCUT2D eigenvalue weighted by Gasteiger charge is 2.23. The highest BCUT2D eigenvalue weighted by atomic mass is 35.5. The van der Waals surface area contributed by atoms with Crippen molar-refractivity contribution in [3.8, 4) is 5.75 Å². The number of carbonyl (C=O) groups is 2. The van der Waals surface area contributed by atoms with E-state index < -0.39 is 10.1 Å². The third-order valence-corrected chi connectivity index (χ3v) is 5.49. The van der Waals surface area contributed by atoms with Crippen molar-refractivity contribution in [3.63, 3.8) is 0 Å². The number of anilines is 1. The molecular formula is C18H16ClNO5S. The number of carbonyl (C=O) groups excluding carboxylic acids is 2. The van der Waals surface area contributed by atoms with Gasteiger partial charge in [0.1, 0.15) is 4.90 Å². The Balaban J connectivity index is 1.95. The molecule has 8 heteroatoms. The topological polar surface area (TPSA) is 89.5 Å². The average Bonchev–Trinajstić information content (AvgIpc) is 2.61. The Hall–Kier alpha value is -2.38. The fourth-order valence-electron chi connectivity index (χ4n) is 2.66. The maximum absolute atomic E-state index is 12.6. The number of benzene rings is 2. The Morgan fingerprint density at radius 2 is 1.96 bits per heavy atom. The number of halogens is 1. The molecule has 0 atom stereocenters. The van der Waals surface area contributed by atoms with Crippen molar-refractivity contribution < 1.29 is 22.2 Å². The van der Waals surface area contributed by atoms with Gasteiger partial charge in [-0.25, -0.2) is 0 Å². The summed E-state index contributed by atoms with van der Waals surface area (Å²) in [5.41, 5.74) is 1.43. The third-order valence-electron chi connectivity index (χ3n) is 4.02. The van der Waals surface area contributed by atoms with Gasteiger partial charge in [0.25, 0.3) is 0 Å². The Kier molecular flexibility index (Phi) is 5.02. The van der Waals surface area contributed by atoms with Gasteiger partial charge in [-0.1, -0.05) is 18.5 Å². The molecule has 0 fully saturated rings. The Morgan fingerprint density at radius 1 is 1.19 bits per heavy atom. The highest BCUT2D eigenvalue weighted by molar-refractivity contribution is 7.87. The van der Waals surface area contributed by atoms with Crippen LogP contribution >= 0.6 is 11.6 Å². The predicted octanol–water partition coefficient (Wildman–Crippen LogP) is 3.59. The van der Waals surface area contributed by atoms with Gasteiger partial charge in [-0.3, -0.25) is 9.59 Å². The van der Waals surface area contributed by atoms with Gasteiger partial charge in [0.15, 0.2) is 11.5 Å². The van der Waals surface area contributed by atoms with Crippen LogP contribution in [0, 0.1) is 0 Å². The molecule has 1 aliphatic heterocycles. The van der Waals surface area contributed by atoms with E-state index in [1.54, 1.807) is 6.92 Å². The summed E-state index contributed by atoms with van der Waals surface area (Å²) >= 11 is 5.91. The van der Waals surface area contributed by atoms with E-state index in [1.165, 1.54) is 36.4 Å². The summed E-state index contributed by atoms with van der Waals surface area (Å²) in [5, 5.41) is 3.01. The maximum atomic E-state index is 12.6. The van der Waals surface area contributed by atoms with E-state index in [9.17, 15) is 18.0 Å². The van der Waals surface area contributed by atoms with Crippen LogP contribution in [-0.2, 0) is 21.3 Å². The summed E-state index contributed by atoms with van der Waals surface area (Å²) in [6.07, 6.45) is 0.935. The van der Waals surface area contributed by atoms with Crippen LogP contribution < -0.4 is 9.50 Å². The van der Waals surface area contributed by atoms with Crippen molar-refractivity contribution in [1.82, 2.24) is 0 Å². The van der Waals surface area contributed by atoms with Gasteiger partial charge in [-0.2, -0.15) is 8.42 Å². The Bertz CT molecular complexity index is 1000. The summed E-state index contributed by atoms with van der Waals surface area (Å²) in [6.45, 7) is 1.67. The normalized spacial score (nSPS) is 13.7. The quantitative estimate of drug-likeness (QED) is 0.619. The van der Waals surface area contributed by atoms with Crippen molar-refractivity contribution in [2.24, 2.45) is 0 Å². The molecule has 0 aromatic heterocycles. The standard InChI is InChI=1S/C18H16ClNO5S/c1-2-16(21)14-10-12(19)4-7-17(14)25-26(23,24)13-5-6-15-11(9-13)3-8-18(22)20-15/h4-7,9-10H,2-3,8H2,1H3,(H,20,22). The summed E-state index contributed by atoms with van der Waals surface area (Å²) in [6, 6.07) is 8.57. The highest BCUT2D eigenvalue weighted by Crippen LogP contribution is 2.30. The second-order valence-corrected chi connectivity index (χ2v) is 7.80. The van der Waals surface area contributed by atoms with Gasteiger partial charge in [0.05, 0.1) is 5.56 Å². The van der Waals surface area contributed by atoms with Crippen molar-refractivity contribution in [1.29, 1.82) is 0 Å². The molecule has 0 unspecified atom stereocenters. The molecule has 0 radical (unpaired) electrons. The number of Topliss-reactive ketones (excluding diaryl/α,β-unsaturated/α-hetero) is 1. The molecule has 1 N–H and O–H groups in total. The lowest BCUT2D eigenvalue weighted by Gasteiger charge is -2.18. The minimum absolute atomic E-state index is 0.0442. The largest absolute Gasteiger partial charge is 0.378 e. The summed E-state index contributed by atoms with van der Waals surface area (Å²) in [7, 11) is -4.15. The van der Waals surface area contributed by atoms with Gasteiger partial charge in [0, 0.05) is 23.6 Å². The fourth-order valence-corrected chi connectivity index (χ4v) is 3.84. The average molecular weight is 394 g/mol. The SMILES string of the molecule is CCC(=O)c1cc(Cl)ccc1OS(=O)(=O)c1ccc2c(c1)CCC(=O)N2. The van der Waals surface area contributed by atoms with E-state index in [4.69, 9.17) is 15.8 Å². The Morgan fingerprint density at radius 3 is 2.69 bits per heavy atom. The van der Waals surface area contributed by atoms with Crippen molar-refractivity contribution in [3.05, 3.63) is 52.5 Å². The van der Waals surface area contributed by atoms with E-state index in [-0.39, 0.29) is 34.3 Å². The third kappa shape index (κ3) is 3.73. The summed E-state index contributed by atoms with van der Waals surface area (Å²) < 4.78 is 30.5. The minimum atomic E-state index is -4.15. The summed E-state index contributed by atoms with van der Waals surface area (Å²) in [4.78, 5) is 23.4. The molecule has 3 rings (SSSR count). The molecule has 1 amide bonds. The van der Waals surface area contributed by atoms with Gasteiger partial charge in [-0.05, 0) is 48.4 Å². The molecule has 0 saturated carbocycles. The van der Waals surface area contributed by atoms with Crippen LogP contribution in [0.4, 0.5) is 5.69 Å². The zero-order chi connectivity index (χ0) is 18.9. The van der Waals surface area contributed by atoms with E-state index in [0.29, 0.717) is 23.6 Å². The molecule has 2 aromatic rings. The first-order valence-electron chi connectivity index (χ1n) is 8.00. The molecule has 26 heavy (non-hydrogen) atoms. The van der Waals surface area contributed by atoms with Gasteiger partial charge >= 0.3 is 10.1 Å². The molecule has 1 heterocycles. The Labute approximate surface area is 156 Å². The maximum Gasteiger partial charge on any atom is 0.339 e. The van der Waals surface area contributed by atoms with E-state index >= 15 is 0 Å². The number of ketones is 1. The zero-order valence-corrected chi connectivity index (χ0v) is 15.5. The first kappa shape index (κ1) is 18.4. The van der Waals surface area contributed by atoms with Crippen LogP contribution in [0.3, 0.4) is 0 Å². The number of fused-ring (bicyclic) bond motifs is 1. The predicted molar refractivity (Wildman–Crippen MR) is 97.3 cm³/mol. The van der Waals surface area contributed by atoms with E-state index in [2.05, 4.69) is 5.32 Å². The number of aryl methyl sites for hydroxylation is 1. The van der Waals surface area contributed by atoms with Crippen molar-refractivity contribution >= 4 is 39.1 Å². The van der Waals surface area contributed by atoms with Crippen LogP contribution in [0.1, 0.15) is 35.7 Å². The molecule has 1 aliphatic rings. The number of nitrogens with one attached hydrogen (secondary N) is 1. The monoisotopic (exact) mass is 393 g/mol. The van der Waals surface area contributed by atoms with Crippen LogP contribution in [0.2, 0.25) is 5.02 Å². The number of hydrogen-bond donors (Lipinski definition) is 1. The molecule has 0 saturated heterocycles. The van der Waals surface area contributed by atoms with Crippen LogP contribution in [-0.4, -0.2) is 20.1 Å². The lowest BCUT2D eigenvalue weighted by molar-refractivity contribution is -0.116. The molecule has 0 bridgehead atoms.